The van der Waals surface area contributed by atoms with E-state index >= 15 is 0 Å². The lowest BCUT2D eigenvalue weighted by Gasteiger charge is -2.29. The van der Waals surface area contributed by atoms with Gasteiger partial charge >= 0.3 is 0 Å². The Labute approximate surface area is 111 Å². The van der Waals surface area contributed by atoms with Crippen molar-refractivity contribution in [2.45, 2.75) is 43.5 Å². The van der Waals surface area contributed by atoms with Crippen LogP contribution in [-0.4, -0.2) is 15.2 Å². The van der Waals surface area contributed by atoms with Crippen molar-refractivity contribution < 1.29 is 0 Å². The summed E-state index contributed by atoms with van der Waals surface area (Å²) >= 11 is 1.54. The molecule has 3 atom stereocenters. The molecule has 3 unspecified atom stereocenters. The molecular formula is C13H17N3OS. The largest absolute Gasteiger partial charge is 0.301 e. The van der Waals surface area contributed by atoms with Crippen molar-refractivity contribution in [1.82, 2.24) is 9.97 Å². The number of thioether (sulfide) groups is 1. The van der Waals surface area contributed by atoms with Gasteiger partial charge in [0, 0.05) is 17.0 Å². The van der Waals surface area contributed by atoms with Gasteiger partial charge in [-0.1, -0.05) is 18.7 Å². The third kappa shape index (κ3) is 3.14. The summed E-state index contributed by atoms with van der Waals surface area (Å²) in [4.78, 5) is 18.5. The van der Waals surface area contributed by atoms with Crippen LogP contribution in [0, 0.1) is 30.1 Å². The maximum absolute atomic E-state index is 11.4. The zero-order chi connectivity index (χ0) is 13.1. The van der Waals surface area contributed by atoms with E-state index in [9.17, 15) is 10.1 Å². The fourth-order valence-electron chi connectivity index (χ4n) is 2.36. The van der Waals surface area contributed by atoms with Crippen LogP contribution in [0.1, 0.15) is 31.9 Å². The number of nitriles is 1. The molecule has 1 aromatic rings. The fourth-order valence-corrected chi connectivity index (χ4v) is 3.79. The van der Waals surface area contributed by atoms with Gasteiger partial charge in [-0.15, -0.1) is 0 Å². The highest BCUT2D eigenvalue weighted by Crippen LogP contribution is 2.38. The van der Waals surface area contributed by atoms with Crippen molar-refractivity contribution in [3.8, 4) is 6.07 Å². The van der Waals surface area contributed by atoms with Crippen LogP contribution < -0.4 is 5.56 Å². The van der Waals surface area contributed by atoms with Crippen LogP contribution in [0.2, 0.25) is 0 Å². The van der Waals surface area contributed by atoms with Gasteiger partial charge in [0.25, 0.3) is 5.56 Å². The summed E-state index contributed by atoms with van der Waals surface area (Å²) in [5.74, 6) is 0.709. The lowest BCUT2D eigenvalue weighted by molar-refractivity contribution is 0.345. The van der Waals surface area contributed by atoms with Crippen molar-refractivity contribution >= 4 is 11.8 Å². The highest BCUT2D eigenvalue weighted by Gasteiger charge is 2.30. The average Bonchev–Trinajstić information content (AvgIpc) is 2.27. The smallest absolute Gasteiger partial charge is 0.251 e. The molecule has 1 aliphatic rings. The minimum absolute atomic E-state index is 0.0667. The molecule has 1 N–H and O–H groups in total. The Hall–Kier alpha value is -1.28. The summed E-state index contributed by atoms with van der Waals surface area (Å²) in [7, 11) is 0. The van der Waals surface area contributed by atoms with Gasteiger partial charge < -0.3 is 4.98 Å². The Morgan fingerprint density at radius 3 is 3.00 bits per heavy atom. The Kier molecular flexibility index (Phi) is 4.07. The van der Waals surface area contributed by atoms with Crippen LogP contribution in [0.5, 0.6) is 0 Å². The molecule has 1 fully saturated rings. The second-order valence-corrected chi connectivity index (χ2v) is 6.23. The van der Waals surface area contributed by atoms with Gasteiger partial charge in [-0.25, -0.2) is 4.98 Å². The van der Waals surface area contributed by atoms with Gasteiger partial charge in [0.2, 0.25) is 0 Å². The Bertz CT molecular complexity index is 520. The maximum Gasteiger partial charge on any atom is 0.251 e. The lowest BCUT2D eigenvalue weighted by Crippen LogP contribution is -2.25. The molecular weight excluding hydrogens is 246 g/mol. The lowest BCUT2D eigenvalue weighted by atomic mass is 9.83. The number of aryl methyl sites for hydroxylation is 1. The minimum atomic E-state index is -0.123. The van der Waals surface area contributed by atoms with Gasteiger partial charge in [-0.05, 0) is 32.1 Å². The van der Waals surface area contributed by atoms with Crippen LogP contribution in [0.3, 0.4) is 0 Å². The number of hydrogen-bond donors (Lipinski definition) is 1. The van der Waals surface area contributed by atoms with E-state index in [4.69, 9.17) is 0 Å². The second-order valence-electron chi connectivity index (χ2n) is 5.00. The van der Waals surface area contributed by atoms with Gasteiger partial charge in [0.1, 0.15) is 0 Å². The van der Waals surface area contributed by atoms with Gasteiger partial charge in [0.05, 0.1) is 12.0 Å². The normalized spacial score (nSPS) is 27.7. The number of H-pyrrole nitrogens is 1. The summed E-state index contributed by atoms with van der Waals surface area (Å²) in [6.07, 6.45) is 3.08. The fraction of sp³-hybridized carbons (Fsp3) is 0.615. The molecule has 96 valence electrons. The highest BCUT2D eigenvalue weighted by atomic mass is 32.2. The van der Waals surface area contributed by atoms with Gasteiger partial charge in [-0.3, -0.25) is 4.79 Å². The average molecular weight is 263 g/mol. The number of rotatable bonds is 2. The molecule has 1 saturated carbocycles. The van der Waals surface area contributed by atoms with Crippen LogP contribution >= 0.6 is 11.8 Å². The molecule has 0 saturated heterocycles. The summed E-state index contributed by atoms with van der Waals surface area (Å²) in [6.45, 7) is 4.03. The molecule has 5 heteroatoms. The van der Waals surface area contributed by atoms with Crippen molar-refractivity contribution in [2.75, 3.05) is 0 Å². The number of nitrogens with zero attached hydrogens (tertiary/aromatic N) is 2. The molecule has 2 rings (SSSR count). The summed E-state index contributed by atoms with van der Waals surface area (Å²) in [6, 6.07) is 3.86. The van der Waals surface area contributed by atoms with E-state index < -0.39 is 0 Å². The van der Waals surface area contributed by atoms with Crippen molar-refractivity contribution in [2.24, 2.45) is 11.8 Å². The summed E-state index contributed by atoms with van der Waals surface area (Å²) in [5, 5.41) is 10.1. The molecule has 18 heavy (non-hydrogen) atoms. The van der Waals surface area contributed by atoms with Crippen LogP contribution in [0.25, 0.3) is 0 Å². The van der Waals surface area contributed by atoms with Crippen LogP contribution in [0.15, 0.2) is 16.0 Å². The quantitative estimate of drug-likeness (QED) is 0.832. The first-order valence-electron chi connectivity index (χ1n) is 6.22. The second kappa shape index (κ2) is 5.57. The molecule has 0 bridgehead atoms. The van der Waals surface area contributed by atoms with Gasteiger partial charge in [0.15, 0.2) is 5.16 Å². The van der Waals surface area contributed by atoms with Crippen LogP contribution in [0.4, 0.5) is 0 Å². The Balaban J connectivity index is 2.16. The molecule has 0 amide bonds. The molecule has 0 radical (unpaired) electrons. The third-order valence-corrected chi connectivity index (χ3v) is 4.57. The van der Waals surface area contributed by atoms with Crippen LogP contribution in [-0.2, 0) is 0 Å². The summed E-state index contributed by atoms with van der Waals surface area (Å²) < 4.78 is 0. The van der Waals surface area contributed by atoms with E-state index in [-0.39, 0.29) is 16.7 Å². The molecule has 0 spiro atoms. The molecule has 1 aliphatic carbocycles. The maximum atomic E-state index is 11.4. The predicted octanol–water partition coefficient (Wildman–Crippen LogP) is 2.50. The third-order valence-electron chi connectivity index (χ3n) is 3.33. The van der Waals surface area contributed by atoms with Crippen molar-refractivity contribution in [3.05, 3.63) is 22.1 Å². The van der Waals surface area contributed by atoms with E-state index in [1.807, 2.05) is 6.92 Å². The van der Waals surface area contributed by atoms with E-state index in [0.29, 0.717) is 11.1 Å². The topological polar surface area (TPSA) is 69.5 Å². The zero-order valence-electron chi connectivity index (χ0n) is 10.6. The van der Waals surface area contributed by atoms with E-state index in [0.717, 1.165) is 25.0 Å². The summed E-state index contributed by atoms with van der Waals surface area (Å²) in [5.41, 5.74) is 0.598. The number of nitrogens with one attached hydrogen (secondary N) is 1. The highest BCUT2D eigenvalue weighted by molar-refractivity contribution is 7.99. The monoisotopic (exact) mass is 263 g/mol. The molecule has 1 aromatic heterocycles. The van der Waals surface area contributed by atoms with Gasteiger partial charge in [-0.2, -0.15) is 5.26 Å². The Morgan fingerprint density at radius 2 is 2.33 bits per heavy atom. The van der Waals surface area contributed by atoms with Crippen molar-refractivity contribution in [1.29, 1.82) is 5.26 Å². The van der Waals surface area contributed by atoms with Crippen molar-refractivity contribution in [3.63, 3.8) is 0 Å². The SMILES string of the molecule is Cc1cc(=O)[nH]c(SC2CC(C)CCC2C#N)n1. The van der Waals surface area contributed by atoms with E-state index in [1.54, 1.807) is 11.8 Å². The number of hydrogen-bond acceptors (Lipinski definition) is 4. The molecule has 0 aliphatic heterocycles. The first-order chi connectivity index (χ1) is 8.58. The molecule has 4 nitrogen and oxygen atoms in total. The first kappa shape index (κ1) is 13.2. The first-order valence-corrected chi connectivity index (χ1v) is 7.10. The predicted molar refractivity (Wildman–Crippen MR) is 71.4 cm³/mol. The minimum Gasteiger partial charge on any atom is -0.301 e. The standard InChI is InChI=1S/C13H17N3OS/c1-8-3-4-10(7-14)11(5-8)18-13-15-9(2)6-12(17)16-13/h6,8,10-11H,3-5H2,1-2H3,(H,15,16,17). The number of aromatic nitrogens is 2. The molecule has 0 aromatic carbocycles. The zero-order valence-corrected chi connectivity index (χ0v) is 11.5. The Morgan fingerprint density at radius 1 is 1.56 bits per heavy atom. The number of aromatic amines is 1. The molecule has 1 heterocycles. The van der Waals surface area contributed by atoms with E-state index in [2.05, 4.69) is 23.0 Å². The van der Waals surface area contributed by atoms with E-state index in [1.165, 1.54) is 6.07 Å².